The maximum absolute atomic E-state index is 11.9. The summed E-state index contributed by atoms with van der Waals surface area (Å²) in [6, 6.07) is 12.7. The lowest BCUT2D eigenvalue weighted by atomic mass is 9.96. The van der Waals surface area contributed by atoms with E-state index in [1.807, 2.05) is 36.6 Å². The van der Waals surface area contributed by atoms with Crippen LogP contribution in [0, 0.1) is 29.9 Å². The van der Waals surface area contributed by atoms with E-state index in [1.165, 1.54) is 13.2 Å². The largest absolute Gasteiger partial charge is 0.496 e. The molecule has 9 heteroatoms. The minimum Gasteiger partial charge on any atom is -0.496 e. The van der Waals surface area contributed by atoms with E-state index in [2.05, 4.69) is 35.1 Å². The van der Waals surface area contributed by atoms with E-state index in [-0.39, 0.29) is 22.7 Å². The van der Waals surface area contributed by atoms with Gasteiger partial charge in [0.2, 0.25) is 0 Å². The lowest BCUT2D eigenvalue weighted by Crippen LogP contribution is -2.33. The van der Waals surface area contributed by atoms with E-state index >= 15 is 0 Å². The van der Waals surface area contributed by atoms with Gasteiger partial charge in [0.15, 0.2) is 5.11 Å². The number of aryl methyl sites for hydroxylation is 1. The fraction of sp³-hybridized carbons (Fsp3) is 0.360. The van der Waals surface area contributed by atoms with Crippen LogP contribution in [0.5, 0.6) is 5.75 Å². The van der Waals surface area contributed by atoms with Gasteiger partial charge in [-0.05, 0) is 67.9 Å². The summed E-state index contributed by atoms with van der Waals surface area (Å²) < 4.78 is 7.16. The Morgan fingerprint density at radius 3 is 2.62 bits per heavy atom. The number of nitro groups is 1. The number of nitrogens with zero attached hydrogens (tertiary/aromatic N) is 4. The maximum atomic E-state index is 11.9. The first-order valence-corrected chi connectivity index (χ1v) is 11.6. The number of thiocarbonyl (C=S) groups is 1. The molecule has 8 nitrogen and oxygen atoms in total. The molecular formula is C25H29N5O3S. The van der Waals surface area contributed by atoms with E-state index in [1.54, 1.807) is 18.3 Å². The second kappa shape index (κ2) is 9.42. The molecule has 0 aliphatic carbocycles. The third-order valence-corrected chi connectivity index (χ3v) is 6.52. The van der Waals surface area contributed by atoms with Gasteiger partial charge in [-0.15, -0.1) is 0 Å². The van der Waals surface area contributed by atoms with Crippen molar-refractivity contribution in [2.75, 3.05) is 13.7 Å². The Hall–Kier alpha value is -3.46. The van der Waals surface area contributed by atoms with Gasteiger partial charge in [0.05, 0.1) is 35.9 Å². The molecule has 0 saturated carbocycles. The molecule has 0 bridgehead atoms. The summed E-state index contributed by atoms with van der Waals surface area (Å²) in [5.41, 5.74) is 4.30. The number of methoxy groups -OCH3 is 1. The Morgan fingerprint density at radius 1 is 1.24 bits per heavy atom. The van der Waals surface area contributed by atoms with Crippen LogP contribution in [0.4, 0.5) is 5.69 Å². The quantitative estimate of drug-likeness (QED) is 0.289. The zero-order chi connectivity index (χ0) is 24.6. The predicted molar refractivity (Wildman–Crippen MR) is 135 cm³/mol. The van der Waals surface area contributed by atoms with Gasteiger partial charge in [0.1, 0.15) is 11.4 Å². The molecular weight excluding hydrogens is 450 g/mol. The van der Waals surface area contributed by atoms with Gasteiger partial charge in [0.25, 0.3) is 5.69 Å². The lowest BCUT2D eigenvalue weighted by molar-refractivity contribution is -0.384. The predicted octanol–water partition coefficient (Wildman–Crippen LogP) is 5.03. The molecule has 1 N–H and O–H groups in total. The van der Waals surface area contributed by atoms with Gasteiger partial charge in [-0.1, -0.05) is 19.9 Å². The van der Waals surface area contributed by atoms with Crippen molar-refractivity contribution in [3.63, 3.8) is 0 Å². The zero-order valence-electron chi connectivity index (χ0n) is 20.0. The number of aromatic nitrogens is 2. The molecule has 34 heavy (non-hydrogen) atoms. The van der Waals surface area contributed by atoms with Crippen LogP contribution in [-0.2, 0) is 0 Å². The highest BCUT2D eigenvalue weighted by Gasteiger charge is 2.41. The van der Waals surface area contributed by atoms with Crippen LogP contribution in [0.15, 0.2) is 48.7 Å². The monoisotopic (exact) mass is 479 g/mol. The number of ether oxygens (including phenoxy) is 1. The first-order valence-electron chi connectivity index (χ1n) is 11.2. The van der Waals surface area contributed by atoms with Gasteiger partial charge in [-0.25, -0.2) is 0 Å². The molecule has 3 aromatic rings. The summed E-state index contributed by atoms with van der Waals surface area (Å²) in [6.07, 6.45) is 1.78. The van der Waals surface area contributed by atoms with Gasteiger partial charge in [-0.2, -0.15) is 0 Å². The number of hydrogen-bond donors (Lipinski definition) is 1. The van der Waals surface area contributed by atoms with Crippen molar-refractivity contribution in [3.8, 4) is 11.4 Å². The van der Waals surface area contributed by atoms with Gasteiger partial charge in [-0.3, -0.25) is 15.1 Å². The Kier molecular flexibility index (Phi) is 6.56. The third kappa shape index (κ3) is 4.23. The highest BCUT2D eigenvalue weighted by Crippen LogP contribution is 2.42. The van der Waals surface area contributed by atoms with Crippen LogP contribution in [0.3, 0.4) is 0 Å². The maximum Gasteiger partial charge on any atom is 0.296 e. The van der Waals surface area contributed by atoms with Gasteiger partial charge in [0, 0.05) is 24.1 Å². The normalized spacial score (nSPS) is 17.8. The van der Waals surface area contributed by atoms with E-state index in [4.69, 9.17) is 17.0 Å². The molecule has 0 spiro atoms. The number of hydrogen-bond acceptors (Lipinski definition) is 5. The number of nitro benzene ring substituents is 1. The SMILES string of the molecule is COc1ccc(-n2c(C)cc([C@@H]3[C@H](c4ccccn4)NC(=S)N3CC(C)C)c2C)c([N+](=O)[O-])c1. The van der Waals surface area contributed by atoms with Crippen LogP contribution in [0.2, 0.25) is 0 Å². The Labute approximate surface area is 204 Å². The standard InChI is InChI=1S/C25H29N5O3S/c1-15(2)14-28-24(23(27-25(28)34)20-8-6-7-11-26-20)19-12-16(3)29(17(19)4)21-10-9-18(33-5)13-22(21)30(31)32/h6-13,15,23-24H,14H2,1-5H3,(H,27,34)/t23-,24+/m0/s1. The number of nitrogens with one attached hydrogen (secondary N) is 1. The van der Waals surface area contributed by atoms with E-state index < -0.39 is 0 Å². The summed E-state index contributed by atoms with van der Waals surface area (Å²) in [5, 5.41) is 16.1. The van der Waals surface area contributed by atoms with Gasteiger partial charge < -0.3 is 19.5 Å². The van der Waals surface area contributed by atoms with E-state index in [9.17, 15) is 10.1 Å². The first-order chi connectivity index (χ1) is 16.2. The van der Waals surface area contributed by atoms with Crippen LogP contribution >= 0.6 is 12.2 Å². The summed E-state index contributed by atoms with van der Waals surface area (Å²) in [5.74, 6) is 0.845. The molecule has 4 rings (SSSR count). The van der Waals surface area contributed by atoms with E-state index in [0.717, 1.165) is 29.2 Å². The Morgan fingerprint density at radius 2 is 2.00 bits per heavy atom. The Bertz CT molecular complexity index is 1220. The lowest BCUT2D eigenvalue weighted by Gasteiger charge is -2.29. The van der Waals surface area contributed by atoms with Crippen molar-refractivity contribution in [2.45, 2.75) is 39.8 Å². The topological polar surface area (TPSA) is 85.5 Å². The average molecular weight is 480 g/mol. The number of benzene rings is 1. The number of pyridine rings is 1. The fourth-order valence-electron chi connectivity index (χ4n) is 4.76. The molecule has 0 unspecified atom stereocenters. The minimum atomic E-state index is -0.371. The number of rotatable bonds is 7. The molecule has 2 atom stereocenters. The summed E-state index contributed by atoms with van der Waals surface area (Å²) in [7, 11) is 1.50. The summed E-state index contributed by atoms with van der Waals surface area (Å²) in [4.78, 5) is 18.3. The molecule has 1 saturated heterocycles. The van der Waals surface area contributed by atoms with Gasteiger partial charge >= 0.3 is 0 Å². The van der Waals surface area contributed by atoms with E-state index in [0.29, 0.717) is 22.5 Å². The van der Waals surface area contributed by atoms with Crippen LogP contribution in [0.25, 0.3) is 5.69 Å². The van der Waals surface area contributed by atoms with Crippen molar-refractivity contribution >= 4 is 23.0 Å². The molecule has 1 aliphatic heterocycles. The van der Waals surface area contributed by atoms with Crippen LogP contribution in [0.1, 0.15) is 48.6 Å². The molecule has 178 valence electrons. The summed E-state index contributed by atoms with van der Waals surface area (Å²) in [6.45, 7) is 9.08. The molecule has 1 aromatic carbocycles. The molecule has 3 heterocycles. The molecule has 0 radical (unpaired) electrons. The molecule has 1 fully saturated rings. The Balaban J connectivity index is 1.87. The molecule has 1 aliphatic rings. The van der Waals surface area contributed by atoms with Crippen molar-refractivity contribution in [1.82, 2.24) is 19.8 Å². The highest BCUT2D eigenvalue weighted by molar-refractivity contribution is 7.80. The second-order valence-corrected chi connectivity index (χ2v) is 9.33. The third-order valence-electron chi connectivity index (χ3n) is 6.17. The zero-order valence-corrected chi connectivity index (χ0v) is 20.8. The average Bonchev–Trinajstić information content (AvgIpc) is 3.28. The summed E-state index contributed by atoms with van der Waals surface area (Å²) >= 11 is 5.75. The van der Waals surface area contributed by atoms with Crippen molar-refractivity contribution in [3.05, 3.63) is 81.4 Å². The van der Waals surface area contributed by atoms with Crippen LogP contribution in [-0.4, -0.2) is 38.1 Å². The molecule has 2 aromatic heterocycles. The first kappa shape index (κ1) is 23.7. The van der Waals surface area contributed by atoms with Crippen molar-refractivity contribution < 1.29 is 9.66 Å². The van der Waals surface area contributed by atoms with Crippen LogP contribution < -0.4 is 10.1 Å². The minimum absolute atomic E-state index is 0.00641. The van der Waals surface area contributed by atoms with Crippen molar-refractivity contribution in [2.24, 2.45) is 5.92 Å². The highest BCUT2D eigenvalue weighted by atomic mass is 32.1. The molecule has 0 amide bonds. The smallest absolute Gasteiger partial charge is 0.296 e. The second-order valence-electron chi connectivity index (χ2n) is 8.95. The fourth-order valence-corrected chi connectivity index (χ4v) is 5.07. The van der Waals surface area contributed by atoms with Crippen molar-refractivity contribution in [1.29, 1.82) is 0 Å².